The predicted molar refractivity (Wildman–Crippen MR) is 90.6 cm³/mol. The summed E-state index contributed by atoms with van der Waals surface area (Å²) in [5, 5.41) is 12.8. The zero-order valence-corrected chi connectivity index (χ0v) is 14.5. The number of hydrogen-bond acceptors (Lipinski definition) is 4. The molecule has 132 valence electrons. The Morgan fingerprint density at radius 3 is 2.54 bits per heavy atom. The van der Waals surface area contributed by atoms with Crippen LogP contribution in [0.25, 0.3) is 0 Å². The molecule has 0 saturated carbocycles. The first-order chi connectivity index (χ1) is 11.3. The van der Waals surface area contributed by atoms with Crippen LogP contribution in [-0.2, 0) is 16.1 Å². The first-order valence-electron chi connectivity index (χ1n) is 8.21. The van der Waals surface area contributed by atoms with E-state index in [1.165, 1.54) is 4.90 Å². The zero-order valence-electron chi connectivity index (χ0n) is 14.5. The Kier molecular flexibility index (Phi) is 5.83. The smallest absolute Gasteiger partial charge is 0.407 e. The lowest BCUT2D eigenvalue weighted by molar-refractivity contribution is -0.154. The van der Waals surface area contributed by atoms with Crippen LogP contribution in [-0.4, -0.2) is 47.3 Å². The lowest BCUT2D eigenvalue weighted by Gasteiger charge is -2.23. The number of ether oxygens (including phenoxy) is 1. The van der Waals surface area contributed by atoms with Crippen molar-refractivity contribution in [3.05, 3.63) is 35.9 Å². The number of esters is 1. The van der Waals surface area contributed by atoms with Gasteiger partial charge in [-0.05, 0) is 32.8 Å². The maximum absolute atomic E-state index is 11.9. The molecule has 1 aliphatic rings. The lowest BCUT2D eigenvalue weighted by atomic mass is 9.97. The van der Waals surface area contributed by atoms with Gasteiger partial charge in [-0.25, -0.2) is 4.79 Å². The minimum absolute atomic E-state index is 0.0552. The number of nitrogens with one attached hydrogen (secondary N) is 1. The van der Waals surface area contributed by atoms with Gasteiger partial charge in [-0.1, -0.05) is 30.3 Å². The van der Waals surface area contributed by atoms with Gasteiger partial charge >= 0.3 is 12.1 Å². The second-order valence-electron chi connectivity index (χ2n) is 7.24. The van der Waals surface area contributed by atoms with Gasteiger partial charge in [0.25, 0.3) is 0 Å². The van der Waals surface area contributed by atoms with Crippen molar-refractivity contribution in [1.29, 1.82) is 0 Å². The molecule has 1 fully saturated rings. The lowest BCUT2D eigenvalue weighted by Crippen LogP contribution is -2.39. The highest BCUT2D eigenvalue weighted by molar-refractivity contribution is 5.75. The third-order valence-corrected chi connectivity index (χ3v) is 4.12. The van der Waals surface area contributed by atoms with Gasteiger partial charge in [-0.3, -0.25) is 4.79 Å². The molecule has 0 bridgehead atoms. The number of rotatable bonds is 5. The highest BCUT2D eigenvalue weighted by Crippen LogP contribution is 2.21. The SMILES string of the molecule is CC(C)(C)C(=O)OC[C@@H]1C[C@@H](NCc2ccccc2)CN1C(=O)O. The summed E-state index contributed by atoms with van der Waals surface area (Å²) in [6.07, 6.45) is -0.341. The van der Waals surface area contributed by atoms with Gasteiger partial charge in [0, 0.05) is 19.1 Å². The number of benzene rings is 1. The Morgan fingerprint density at radius 1 is 1.29 bits per heavy atom. The molecule has 1 aromatic rings. The standard InChI is InChI=1S/C18H26N2O4/c1-18(2,3)16(21)24-12-15-9-14(11-20(15)17(22)23)19-10-13-7-5-4-6-8-13/h4-8,14-15,19H,9-12H2,1-3H3,(H,22,23)/t14-,15+/m1/s1. The Bertz CT molecular complexity index is 568. The second kappa shape index (κ2) is 7.66. The number of amides is 1. The minimum Gasteiger partial charge on any atom is -0.465 e. The molecule has 0 aliphatic carbocycles. The maximum atomic E-state index is 11.9. The molecule has 1 aliphatic heterocycles. The summed E-state index contributed by atoms with van der Waals surface area (Å²) < 4.78 is 5.31. The van der Waals surface area contributed by atoms with Crippen LogP contribution in [0.4, 0.5) is 4.79 Å². The van der Waals surface area contributed by atoms with Crippen molar-refractivity contribution >= 4 is 12.1 Å². The van der Waals surface area contributed by atoms with Crippen LogP contribution in [0, 0.1) is 5.41 Å². The fraction of sp³-hybridized carbons (Fsp3) is 0.556. The van der Waals surface area contributed by atoms with Gasteiger partial charge in [-0.2, -0.15) is 0 Å². The molecule has 1 heterocycles. The number of nitrogens with zero attached hydrogens (tertiary/aromatic N) is 1. The summed E-state index contributed by atoms with van der Waals surface area (Å²) in [5.41, 5.74) is 0.569. The van der Waals surface area contributed by atoms with Crippen LogP contribution in [0.1, 0.15) is 32.8 Å². The summed E-state index contributed by atoms with van der Waals surface area (Å²) in [5.74, 6) is -0.312. The zero-order chi connectivity index (χ0) is 17.7. The van der Waals surface area contributed by atoms with Gasteiger partial charge in [0.1, 0.15) is 6.61 Å². The molecule has 2 rings (SSSR count). The quantitative estimate of drug-likeness (QED) is 0.809. The number of likely N-dealkylation sites (tertiary alicyclic amines) is 1. The van der Waals surface area contributed by atoms with Crippen molar-refractivity contribution in [2.75, 3.05) is 13.2 Å². The first-order valence-corrected chi connectivity index (χ1v) is 8.21. The first kappa shape index (κ1) is 18.3. The van der Waals surface area contributed by atoms with E-state index in [-0.39, 0.29) is 24.7 Å². The van der Waals surface area contributed by atoms with Gasteiger partial charge in [0.05, 0.1) is 11.5 Å². The van der Waals surface area contributed by atoms with Gasteiger partial charge in [0.15, 0.2) is 0 Å². The monoisotopic (exact) mass is 334 g/mol. The van der Waals surface area contributed by atoms with E-state index in [9.17, 15) is 14.7 Å². The minimum atomic E-state index is -0.976. The molecule has 6 nitrogen and oxygen atoms in total. The Hall–Kier alpha value is -2.08. The fourth-order valence-corrected chi connectivity index (χ4v) is 2.70. The third kappa shape index (κ3) is 4.96. The number of carbonyl (C=O) groups is 2. The molecule has 0 radical (unpaired) electrons. The molecule has 0 aromatic heterocycles. The average Bonchev–Trinajstić information content (AvgIpc) is 2.94. The van der Waals surface area contributed by atoms with Crippen LogP contribution in [0.15, 0.2) is 30.3 Å². The number of carboxylic acid groups (broad SMARTS) is 1. The van der Waals surface area contributed by atoms with Gasteiger partial charge in [0.2, 0.25) is 0 Å². The summed E-state index contributed by atoms with van der Waals surface area (Å²) in [7, 11) is 0. The van der Waals surface area contributed by atoms with E-state index < -0.39 is 11.5 Å². The van der Waals surface area contributed by atoms with Crippen LogP contribution in [0.5, 0.6) is 0 Å². The summed E-state index contributed by atoms with van der Waals surface area (Å²) >= 11 is 0. The van der Waals surface area contributed by atoms with E-state index in [0.717, 1.165) is 5.56 Å². The van der Waals surface area contributed by atoms with Crippen LogP contribution in [0.3, 0.4) is 0 Å². The molecular formula is C18H26N2O4. The van der Waals surface area contributed by atoms with E-state index in [2.05, 4.69) is 5.32 Å². The fourth-order valence-electron chi connectivity index (χ4n) is 2.70. The van der Waals surface area contributed by atoms with Crippen LogP contribution >= 0.6 is 0 Å². The second-order valence-corrected chi connectivity index (χ2v) is 7.24. The Balaban J connectivity index is 1.88. The molecule has 1 amide bonds. The Labute approximate surface area is 142 Å². The predicted octanol–water partition coefficient (Wildman–Crippen LogP) is 2.49. The molecule has 2 atom stereocenters. The van der Waals surface area contributed by atoms with E-state index in [0.29, 0.717) is 19.5 Å². The highest BCUT2D eigenvalue weighted by atomic mass is 16.5. The molecule has 6 heteroatoms. The number of hydrogen-bond donors (Lipinski definition) is 2. The molecule has 0 spiro atoms. The van der Waals surface area contributed by atoms with Gasteiger partial charge in [-0.15, -0.1) is 0 Å². The van der Waals surface area contributed by atoms with Crippen molar-refractivity contribution in [3.63, 3.8) is 0 Å². The maximum Gasteiger partial charge on any atom is 0.407 e. The van der Waals surface area contributed by atoms with Crippen molar-refractivity contribution in [3.8, 4) is 0 Å². The normalized spacial score (nSPS) is 20.9. The van der Waals surface area contributed by atoms with Gasteiger partial charge < -0.3 is 20.1 Å². The summed E-state index contributed by atoms with van der Waals surface area (Å²) in [6, 6.07) is 9.72. The number of carbonyl (C=O) groups excluding carboxylic acids is 1. The highest BCUT2D eigenvalue weighted by Gasteiger charge is 2.36. The van der Waals surface area contributed by atoms with Crippen molar-refractivity contribution in [2.24, 2.45) is 5.41 Å². The van der Waals surface area contributed by atoms with E-state index in [1.54, 1.807) is 20.8 Å². The van der Waals surface area contributed by atoms with Crippen LogP contribution < -0.4 is 5.32 Å². The molecule has 1 aromatic carbocycles. The molecule has 0 unspecified atom stereocenters. The van der Waals surface area contributed by atoms with Crippen LogP contribution in [0.2, 0.25) is 0 Å². The average molecular weight is 334 g/mol. The summed E-state index contributed by atoms with van der Waals surface area (Å²) in [6.45, 7) is 6.54. The largest absolute Gasteiger partial charge is 0.465 e. The topological polar surface area (TPSA) is 78.9 Å². The molecule has 24 heavy (non-hydrogen) atoms. The Morgan fingerprint density at radius 2 is 1.96 bits per heavy atom. The molecule has 2 N–H and O–H groups in total. The van der Waals surface area contributed by atoms with E-state index in [4.69, 9.17) is 4.74 Å². The van der Waals surface area contributed by atoms with E-state index >= 15 is 0 Å². The van der Waals surface area contributed by atoms with Crippen molar-refractivity contribution in [1.82, 2.24) is 10.2 Å². The molecule has 1 saturated heterocycles. The van der Waals surface area contributed by atoms with E-state index in [1.807, 2.05) is 30.3 Å². The third-order valence-electron chi connectivity index (χ3n) is 4.12. The van der Waals surface area contributed by atoms with Crippen molar-refractivity contribution in [2.45, 2.75) is 45.8 Å². The summed E-state index contributed by atoms with van der Waals surface area (Å²) in [4.78, 5) is 24.7. The molecular weight excluding hydrogens is 308 g/mol. The van der Waals surface area contributed by atoms with Crippen molar-refractivity contribution < 1.29 is 19.4 Å².